The van der Waals surface area contributed by atoms with E-state index in [1.807, 2.05) is 12.1 Å². The Bertz CT molecular complexity index is 374. The van der Waals surface area contributed by atoms with E-state index in [0.717, 1.165) is 24.3 Å². The lowest BCUT2D eigenvalue weighted by atomic mass is 9.83. The molecule has 0 fully saturated rings. The smallest absolute Gasteiger partial charge is 0.0940 e. The number of hydrogen-bond donors (Lipinski definition) is 2. The van der Waals surface area contributed by atoms with Gasteiger partial charge in [-0.3, -0.25) is 5.41 Å². The fourth-order valence-corrected chi connectivity index (χ4v) is 2.28. The molecule has 0 saturated heterocycles. The van der Waals surface area contributed by atoms with Crippen LogP contribution in [0.3, 0.4) is 0 Å². The zero-order valence-corrected chi connectivity index (χ0v) is 8.64. The minimum atomic E-state index is 0.183. The number of nitrogens with two attached hydrogens (primary N) is 1. The summed E-state index contributed by atoms with van der Waals surface area (Å²) in [5.41, 5.74) is 8.01. The third-order valence-electron chi connectivity index (χ3n) is 2.87. The molecule has 1 aliphatic rings. The van der Waals surface area contributed by atoms with Crippen molar-refractivity contribution in [3.63, 3.8) is 0 Å². The lowest BCUT2D eigenvalue weighted by molar-refractivity contribution is 0.577. The zero-order chi connectivity index (χ0) is 10.1. The van der Waals surface area contributed by atoms with Gasteiger partial charge in [-0.25, -0.2) is 0 Å². The number of halogens is 1. The quantitative estimate of drug-likeness (QED) is 0.540. The number of rotatable bonds is 1. The minimum absolute atomic E-state index is 0.183. The molecule has 0 radical (unpaired) electrons. The molecule has 0 saturated carbocycles. The van der Waals surface area contributed by atoms with Gasteiger partial charge in [-0.05, 0) is 36.5 Å². The first kappa shape index (κ1) is 9.53. The highest BCUT2D eigenvalue weighted by molar-refractivity contribution is 6.31. The van der Waals surface area contributed by atoms with Crippen molar-refractivity contribution in [2.24, 2.45) is 11.7 Å². The predicted molar refractivity (Wildman–Crippen MR) is 58.9 cm³/mol. The van der Waals surface area contributed by atoms with Crippen molar-refractivity contribution in [1.29, 1.82) is 5.41 Å². The zero-order valence-electron chi connectivity index (χ0n) is 7.89. The van der Waals surface area contributed by atoms with E-state index in [1.165, 1.54) is 11.1 Å². The number of fused-ring (bicyclic) bond motifs is 1. The van der Waals surface area contributed by atoms with Gasteiger partial charge in [0.25, 0.3) is 0 Å². The summed E-state index contributed by atoms with van der Waals surface area (Å²) in [7, 11) is 0. The summed E-state index contributed by atoms with van der Waals surface area (Å²) >= 11 is 6.10. The molecule has 2 nitrogen and oxygen atoms in total. The van der Waals surface area contributed by atoms with Gasteiger partial charge in [-0.15, -0.1) is 0 Å². The average Bonchev–Trinajstić information content (AvgIpc) is 2.18. The van der Waals surface area contributed by atoms with Gasteiger partial charge in [0.15, 0.2) is 0 Å². The Hall–Kier alpha value is -1.02. The average molecular weight is 209 g/mol. The van der Waals surface area contributed by atoms with E-state index in [2.05, 4.69) is 6.07 Å². The van der Waals surface area contributed by atoms with Gasteiger partial charge in [0.05, 0.1) is 5.84 Å². The van der Waals surface area contributed by atoms with Crippen LogP contribution < -0.4 is 5.73 Å². The molecule has 74 valence electrons. The molecule has 0 heterocycles. The fourth-order valence-electron chi connectivity index (χ4n) is 2.01. The second-order valence-corrected chi connectivity index (χ2v) is 4.18. The van der Waals surface area contributed by atoms with E-state index in [4.69, 9.17) is 22.7 Å². The first-order chi connectivity index (χ1) is 6.68. The number of nitrogens with one attached hydrogen (secondary N) is 1. The molecule has 0 bridgehead atoms. The molecular weight excluding hydrogens is 196 g/mol. The molecule has 0 aromatic heterocycles. The molecule has 14 heavy (non-hydrogen) atoms. The largest absolute Gasteiger partial charge is 0.387 e. The molecule has 0 amide bonds. The highest BCUT2D eigenvalue weighted by Gasteiger charge is 2.22. The summed E-state index contributed by atoms with van der Waals surface area (Å²) in [5.74, 6) is 0.470. The van der Waals surface area contributed by atoms with E-state index < -0.39 is 0 Å². The van der Waals surface area contributed by atoms with E-state index in [9.17, 15) is 0 Å². The number of amidine groups is 1. The molecule has 2 rings (SSSR count). The van der Waals surface area contributed by atoms with E-state index in [-0.39, 0.29) is 11.8 Å². The number of aryl methyl sites for hydroxylation is 1. The van der Waals surface area contributed by atoms with Crippen molar-refractivity contribution in [3.8, 4) is 0 Å². The second-order valence-electron chi connectivity index (χ2n) is 3.77. The standard InChI is InChI=1S/C11H13ClN2/c12-10-3-1-2-7-4-5-8(11(13)14)6-9(7)10/h1-3,8H,4-6H2,(H3,13,14). The third kappa shape index (κ3) is 1.62. The molecule has 1 unspecified atom stereocenters. The first-order valence-corrected chi connectivity index (χ1v) is 5.16. The maximum atomic E-state index is 7.44. The van der Waals surface area contributed by atoms with Gasteiger partial charge in [0.2, 0.25) is 0 Å². The maximum absolute atomic E-state index is 7.44. The Kier molecular flexibility index (Phi) is 2.46. The normalized spacial score (nSPS) is 20.2. The van der Waals surface area contributed by atoms with Crippen LogP contribution in [0.5, 0.6) is 0 Å². The van der Waals surface area contributed by atoms with Crippen molar-refractivity contribution in [2.75, 3.05) is 0 Å². The Balaban J connectivity index is 2.33. The minimum Gasteiger partial charge on any atom is -0.387 e. The van der Waals surface area contributed by atoms with Crippen LogP contribution in [0.25, 0.3) is 0 Å². The summed E-state index contributed by atoms with van der Waals surface area (Å²) in [4.78, 5) is 0. The van der Waals surface area contributed by atoms with Crippen molar-refractivity contribution in [2.45, 2.75) is 19.3 Å². The second kappa shape index (κ2) is 3.62. The highest BCUT2D eigenvalue weighted by atomic mass is 35.5. The van der Waals surface area contributed by atoms with Crippen LogP contribution in [-0.2, 0) is 12.8 Å². The number of benzene rings is 1. The van der Waals surface area contributed by atoms with Gasteiger partial charge >= 0.3 is 0 Å². The molecule has 1 aliphatic carbocycles. The van der Waals surface area contributed by atoms with E-state index in [0.29, 0.717) is 0 Å². The van der Waals surface area contributed by atoms with E-state index >= 15 is 0 Å². The van der Waals surface area contributed by atoms with Crippen molar-refractivity contribution >= 4 is 17.4 Å². The van der Waals surface area contributed by atoms with Crippen LogP contribution in [-0.4, -0.2) is 5.84 Å². The summed E-state index contributed by atoms with van der Waals surface area (Å²) in [5, 5.41) is 8.25. The summed E-state index contributed by atoms with van der Waals surface area (Å²) < 4.78 is 0. The maximum Gasteiger partial charge on any atom is 0.0940 e. The lowest BCUT2D eigenvalue weighted by Crippen LogP contribution is -2.28. The molecule has 3 heteroatoms. The molecule has 1 aromatic rings. The molecule has 3 N–H and O–H groups in total. The Morgan fingerprint density at radius 1 is 1.50 bits per heavy atom. The van der Waals surface area contributed by atoms with Gasteiger partial charge < -0.3 is 5.73 Å². The van der Waals surface area contributed by atoms with Crippen molar-refractivity contribution in [1.82, 2.24) is 0 Å². The van der Waals surface area contributed by atoms with Gasteiger partial charge in [0.1, 0.15) is 0 Å². The van der Waals surface area contributed by atoms with Crippen LogP contribution in [0.15, 0.2) is 18.2 Å². The third-order valence-corrected chi connectivity index (χ3v) is 3.22. The van der Waals surface area contributed by atoms with Crippen LogP contribution in [0.2, 0.25) is 5.02 Å². The Morgan fingerprint density at radius 3 is 3.00 bits per heavy atom. The Morgan fingerprint density at radius 2 is 2.29 bits per heavy atom. The van der Waals surface area contributed by atoms with E-state index in [1.54, 1.807) is 0 Å². The molecule has 0 spiro atoms. The van der Waals surface area contributed by atoms with Crippen molar-refractivity contribution < 1.29 is 0 Å². The van der Waals surface area contributed by atoms with Gasteiger partial charge in [-0.1, -0.05) is 23.7 Å². The molecule has 0 aliphatic heterocycles. The summed E-state index contributed by atoms with van der Waals surface area (Å²) in [6.45, 7) is 0. The van der Waals surface area contributed by atoms with Crippen LogP contribution >= 0.6 is 11.6 Å². The predicted octanol–water partition coefficient (Wildman–Crippen LogP) is 2.38. The highest BCUT2D eigenvalue weighted by Crippen LogP contribution is 2.30. The lowest BCUT2D eigenvalue weighted by Gasteiger charge is -2.24. The number of hydrogen-bond acceptors (Lipinski definition) is 1. The fraction of sp³-hybridized carbons (Fsp3) is 0.364. The summed E-state index contributed by atoms with van der Waals surface area (Å²) in [6, 6.07) is 6.00. The SMILES string of the molecule is N=C(N)C1CCc2cccc(Cl)c2C1. The van der Waals surface area contributed by atoms with Crippen molar-refractivity contribution in [3.05, 3.63) is 34.3 Å². The monoisotopic (exact) mass is 208 g/mol. The van der Waals surface area contributed by atoms with Gasteiger partial charge in [-0.2, -0.15) is 0 Å². The molecule has 1 atom stereocenters. The van der Waals surface area contributed by atoms with Crippen LogP contribution in [0.4, 0.5) is 0 Å². The molecule has 1 aromatic carbocycles. The van der Waals surface area contributed by atoms with Crippen LogP contribution in [0, 0.1) is 11.3 Å². The van der Waals surface area contributed by atoms with Gasteiger partial charge in [0, 0.05) is 10.9 Å². The topological polar surface area (TPSA) is 49.9 Å². The Labute approximate surface area is 88.6 Å². The molecular formula is C11H13ClN2. The summed E-state index contributed by atoms with van der Waals surface area (Å²) in [6.07, 6.45) is 2.78. The first-order valence-electron chi connectivity index (χ1n) is 4.78. The van der Waals surface area contributed by atoms with Crippen LogP contribution in [0.1, 0.15) is 17.5 Å².